The van der Waals surface area contributed by atoms with Crippen LogP contribution in [0.5, 0.6) is 0 Å². The third-order valence-corrected chi connectivity index (χ3v) is 4.72. The fraction of sp³-hybridized carbons (Fsp3) is 0.875. The first-order valence-corrected chi connectivity index (χ1v) is 8.92. The van der Waals surface area contributed by atoms with E-state index in [4.69, 9.17) is 14.2 Å². The molecular formula is C16H28N2O10. The van der Waals surface area contributed by atoms with Crippen molar-refractivity contribution < 1.29 is 49.3 Å². The van der Waals surface area contributed by atoms with Crippen molar-refractivity contribution >= 4 is 11.8 Å². The quantitative estimate of drug-likeness (QED) is 0.226. The number of amides is 2. The number of carbonyl (C=O) groups is 2. The maximum absolute atomic E-state index is 11.5. The van der Waals surface area contributed by atoms with E-state index in [2.05, 4.69) is 10.6 Å². The Bertz CT molecular complexity index is 550. The molecule has 12 nitrogen and oxygen atoms in total. The van der Waals surface area contributed by atoms with Crippen LogP contribution < -0.4 is 10.6 Å². The van der Waals surface area contributed by atoms with Crippen LogP contribution in [0.25, 0.3) is 0 Å². The molecule has 0 aliphatic carbocycles. The monoisotopic (exact) mass is 408 g/mol. The molecule has 0 spiro atoms. The van der Waals surface area contributed by atoms with Gasteiger partial charge in [-0.05, 0) is 0 Å². The number of nitrogens with one attached hydrogen (secondary N) is 2. The lowest BCUT2D eigenvalue weighted by atomic mass is 9.95. The molecular weight excluding hydrogens is 380 g/mol. The summed E-state index contributed by atoms with van der Waals surface area (Å²) in [5, 5.41) is 54.7. The first kappa shape index (κ1) is 22.9. The molecule has 2 saturated heterocycles. The van der Waals surface area contributed by atoms with Gasteiger partial charge in [0.25, 0.3) is 0 Å². The molecule has 28 heavy (non-hydrogen) atoms. The van der Waals surface area contributed by atoms with Gasteiger partial charge >= 0.3 is 0 Å². The molecule has 0 aromatic carbocycles. The van der Waals surface area contributed by atoms with Crippen LogP contribution in [-0.4, -0.2) is 112 Å². The summed E-state index contributed by atoms with van der Waals surface area (Å²) in [6.45, 7) is 1.25. The molecule has 2 heterocycles. The molecule has 2 aliphatic rings. The highest BCUT2D eigenvalue weighted by molar-refractivity contribution is 5.73. The van der Waals surface area contributed by atoms with E-state index in [0.29, 0.717) is 0 Å². The summed E-state index contributed by atoms with van der Waals surface area (Å²) in [6.07, 6.45) is -9.07. The van der Waals surface area contributed by atoms with Crippen molar-refractivity contribution in [2.75, 3.05) is 19.8 Å². The van der Waals surface area contributed by atoms with Gasteiger partial charge in [0, 0.05) is 13.8 Å². The minimum atomic E-state index is -1.53. The fourth-order valence-corrected chi connectivity index (χ4v) is 3.32. The Balaban J connectivity index is 2.22. The largest absolute Gasteiger partial charge is 0.394 e. The molecule has 2 amide bonds. The first-order valence-electron chi connectivity index (χ1n) is 8.92. The number of aliphatic hydroxyl groups excluding tert-OH is 5. The first-order chi connectivity index (χ1) is 13.2. The topological polar surface area (TPSA) is 187 Å². The van der Waals surface area contributed by atoms with Gasteiger partial charge in [0.05, 0.1) is 25.9 Å². The van der Waals surface area contributed by atoms with Gasteiger partial charge in [0.2, 0.25) is 11.8 Å². The van der Waals surface area contributed by atoms with Crippen molar-refractivity contribution in [2.24, 2.45) is 0 Å². The Morgan fingerprint density at radius 2 is 1.57 bits per heavy atom. The van der Waals surface area contributed by atoms with Gasteiger partial charge in [0.1, 0.15) is 42.7 Å². The SMILES string of the molecule is CC(=O)NC1COC(CO)[C@@H](O[C@@H]2OC(CO)[C@@H](O)C(O)C2NC(C)=O)C1O. The van der Waals surface area contributed by atoms with Crippen molar-refractivity contribution in [1.82, 2.24) is 10.6 Å². The fourth-order valence-electron chi connectivity index (χ4n) is 3.32. The van der Waals surface area contributed by atoms with Crippen molar-refractivity contribution in [3.05, 3.63) is 0 Å². The molecule has 0 saturated carbocycles. The van der Waals surface area contributed by atoms with Gasteiger partial charge < -0.3 is 50.4 Å². The van der Waals surface area contributed by atoms with Gasteiger partial charge in [-0.15, -0.1) is 0 Å². The van der Waals surface area contributed by atoms with E-state index in [1.54, 1.807) is 0 Å². The van der Waals surface area contributed by atoms with Gasteiger partial charge in [0.15, 0.2) is 6.29 Å². The van der Waals surface area contributed by atoms with Crippen LogP contribution in [0.1, 0.15) is 13.8 Å². The summed E-state index contributed by atoms with van der Waals surface area (Å²) >= 11 is 0. The van der Waals surface area contributed by atoms with E-state index in [1.807, 2.05) is 0 Å². The number of hydrogen-bond donors (Lipinski definition) is 7. The zero-order valence-corrected chi connectivity index (χ0v) is 15.6. The molecule has 162 valence electrons. The third-order valence-electron chi connectivity index (χ3n) is 4.72. The summed E-state index contributed by atoms with van der Waals surface area (Å²) in [6, 6.07) is -2.04. The smallest absolute Gasteiger partial charge is 0.217 e. The van der Waals surface area contributed by atoms with Crippen LogP contribution >= 0.6 is 0 Å². The molecule has 2 aliphatic heterocycles. The summed E-state index contributed by atoms with van der Waals surface area (Å²) in [5.41, 5.74) is 0. The average Bonchev–Trinajstić information content (AvgIpc) is 2.63. The molecule has 2 rings (SSSR count). The second-order valence-corrected chi connectivity index (χ2v) is 6.89. The minimum absolute atomic E-state index is 0.0624. The van der Waals surface area contributed by atoms with Crippen LogP contribution in [0.2, 0.25) is 0 Å². The van der Waals surface area contributed by atoms with Crippen molar-refractivity contribution in [2.45, 2.75) is 68.8 Å². The second-order valence-electron chi connectivity index (χ2n) is 6.89. The molecule has 0 aromatic rings. The third kappa shape index (κ3) is 5.15. The van der Waals surface area contributed by atoms with E-state index in [0.717, 1.165) is 0 Å². The van der Waals surface area contributed by atoms with Crippen molar-refractivity contribution in [1.29, 1.82) is 0 Å². The van der Waals surface area contributed by atoms with Gasteiger partial charge in [-0.2, -0.15) is 0 Å². The number of aliphatic hydroxyl groups is 5. The van der Waals surface area contributed by atoms with Crippen LogP contribution in [0.3, 0.4) is 0 Å². The maximum Gasteiger partial charge on any atom is 0.217 e. The van der Waals surface area contributed by atoms with Crippen LogP contribution in [0.4, 0.5) is 0 Å². The molecule has 6 unspecified atom stereocenters. The summed E-state index contributed by atoms with van der Waals surface area (Å²) in [5.74, 6) is -0.941. The lowest BCUT2D eigenvalue weighted by molar-refractivity contribution is -0.309. The molecule has 2 fully saturated rings. The van der Waals surface area contributed by atoms with E-state index >= 15 is 0 Å². The van der Waals surface area contributed by atoms with Crippen molar-refractivity contribution in [3.8, 4) is 0 Å². The summed E-state index contributed by atoms with van der Waals surface area (Å²) < 4.78 is 16.6. The molecule has 0 radical (unpaired) electrons. The molecule has 9 atom stereocenters. The second kappa shape index (κ2) is 9.89. The number of rotatable bonds is 6. The van der Waals surface area contributed by atoms with Crippen molar-refractivity contribution in [3.63, 3.8) is 0 Å². The lowest BCUT2D eigenvalue weighted by Crippen LogP contribution is -2.67. The molecule has 0 bridgehead atoms. The molecule has 7 N–H and O–H groups in total. The highest BCUT2D eigenvalue weighted by atomic mass is 16.7. The lowest BCUT2D eigenvalue weighted by Gasteiger charge is -2.46. The zero-order chi connectivity index (χ0) is 21.0. The van der Waals surface area contributed by atoms with E-state index in [1.165, 1.54) is 13.8 Å². The summed E-state index contributed by atoms with van der Waals surface area (Å²) in [7, 11) is 0. The van der Waals surface area contributed by atoms with E-state index < -0.39 is 80.0 Å². The van der Waals surface area contributed by atoms with E-state index in [9.17, 15) is 35.1 Å². The molecule has 12 heteroatoms. The van der Waals surface area contributed by atoms with Gasteiger partial charge in [-0.25, -0.2) is 0 Å². The normalized spacial score (nSPS) is 41.3. The predicted molar refractivity (Wildman–Crippen MR) is 90.7 cm³/mol. The minimum Gasteiger partial charge on any atom is -0.394 e. The summed E-state index contributed by atoms with van der Waals surface area (Å²) in [4.78, 5) is 22.8. The van der Waals surface area contributed by atoms with Gasteiger partial charge in [-0.1, -0.05) is 0 Å². The number of ether oxygens (including phenoxy) is 3. The van der Waals surface area contributed by atoms with Crippen LogP contribution in [0.15, 0.2) is 0 Å². The predicted octanol–water partition coefficient (Wildman–Crippen LogP) is -4.43. The van der Waals surface area contributed by atoms with Crippen LogP contribution in [-0.2, 0) is 23.8 Å². The molecule has 0 aromatic heterocycles. The van der Waals surface area contributed by atoms with Crippen LogP contribution in [0, 0.1) is 0 Å². The number of hydrogen-bond acceptors (Lipinski definition) is 10. The Morgan fingerprint density at radius 3 is 2.11 bits per heavy atom. The zero-order valence-electron chi connectivity index (χ0n) is 15.6. The van der Waals surface area contributed by atoms with E-state index in [-0.39, 0.29) is 6.61 Å². The standard InChI is InChI=1S/C16H28N2O10/c1-6(21)17-8-5-26-10(4-20)15(12(8)23)28-16-11(18-7(2)22)14(25)13(24)9(3-19)27-16/h8-16,19-20,23-25H,3-5H2,1-2H3,(H,17,21)(H,18,22)/t8?,9?,10?,11?,12?,13-,14?,15-,16+/m1/s1. The Labute approximate surface area is 161 Å². The average molecular weight is 408 g/mol. The number of carbonyl (C=O) groups excluding carboxylic acids is 2. The Morgan fingerprint density at radius 1 is 0.964 bits per heavy atom. The van der Waals surface area contributed by atoms with Gasteiger partial charge in [-0.3, -0.25) is 9.59 Å². The Hall–Kier alpha value is -1.38. The maximum atomic E-state index is 11.5. The highest BCUT2D eigenvalue weighted by Crippen LogP contribution is 2.27. The highest BCUT2D eigenvalue weighted by Gasteiger charge is 2.49. The Kier molecular flexibility index (Phi) is 8.09.